The third kappa shape index (κ3) is 8.31. The molecule has 4 aromatic rings. The van der Waals surface area contributed by atoms with Crippen LogP contribution in [0.2, 0.25) is 0 Å². The number of piperidine rings is 1. The fourth-order valence-corrected chi connectivity index (χ4v) is 5.90. The number of carboxylic acids is 2. The maximum Gasteiger partial charge on any atom is 0.303 e. The van der Waals surface area contributed by atoms with Gasteiger partial charge in [-0.25, -0.2) is 0 Å². The van der Waals surface area contributed by atoms with Gasteiger partial charge in [-0.3, -0.25) is 19.3 Å². The fourth-order valence-electron chi connectivity index (χ4n) is 4.66. The number of likely N-dealkylation sites (tertiary alicyclic amines) is 1. The summed E-state index contributed by atoms with van der Waals surface area (Å²) < 4.78 is 6.76. The molecule has 0 amide bonds. The second kappa shape index (κ2) is 14.5. The molecule has 1 saturated heterocycles. The Balaban J connectivity index is 0.000000446. The summed E-state index contributed by atoms with van der Waals surface area (Å²) in [5, 5.41) is 36.2. The molecule has 220 valence electrons. The summed E-state index contributed by atoms with van der Waals surface area (Å²) in [5.41, 5.74) is 2.03. The lowest BCUT2D eigenvalue weighted by Crippen LogP contribution is -2.33. The Bertz CT molecular complexity index is 1510. The van der Waals surface area contributed by atoms with Gasteiger partial charge in [0.05, 0.1) is 12.8 Å². The molecule has 0 aliphatic carbocycles. The predicted molar refractivity (Wildman–Crippen MR) is 161 cm³/mol. The lowest BCUT2D eigenvalue weighted by Gasteiger charge is -2.26. The molecule has 0 saturated carbocycles. The van der Waals surface area contributed by atoms with Gasteiger partial charge in [-0.2, -0.15) is 0 Å². The number of carboxylic acid groups (broad SMARTS) is 2. The van der Waals surface area contributed by atoms with Crippen LogP contribution in [0, 0.1) is 0 Å². The maximum absolute atomic E-state index is 13.6. The van der Waals surface area contributed by atoms with Crippen LogP contribution in [0.1, 0.15) is 48.0 Å². The quantitative estimate of drug-likeness (QED) is 0.163. The summed E-state index contributed by atoms with van der Waals surface area (Å²) in [5.74, 6) is -1.14. The number of nitrogens with zero attached hydrogens (tertiary/aromatic N) is 1. The van der Waals surface area contributed by atoms with Gasteiger partial charge in [-0.15, -0.1) is 11.3 Å². The highest BCUT2D eigenvalue weighted by Crippen LogP contribution is 2.41. The van der Waals surface area contributed by atoms with Crippen molar-refractivity contribution >= 4 is 39.1 Å². The van der Waals surface area contributed by atoms with Crippen molar-refractivity contribution in [3.63, 3.8) is 0 Å². The second-order valence-corrected chi connectivity index (χ2v) is 11.0. The molecule has 0 atom stereocenters. The lowest BCUT2D eigenvalue weighted by atomic mass is 9.97. The van der Waals surface area contributed by atoms with Crippen LogP contribution >= 0.6 is 11.3 Å². The van der Waals surface area contributed by atoms with Gasteiger partial charge in [-0.1, -0.05) is 6.42 Å². The minimum absolute atomic E-state index is 0.0834. The Morgan fingerprint density at radius 3 is 2.02 bits per heavy atom. The van der Waals surface area contributed by atoms with Gasteiger partial charge in [-0.05, 0) is 98.2 Å². The molecule has 4 N–H and O–H groups in total. The van der Waals surface area contributed by atoms with Crippen LogP contribution in [-0.4, -0.2) is 69.3 Å². The SMILES string of the molecule is O=C(O)CCC(=O)O.O=C(c1ccc(OCCN2CCCCC2)cc1)c1c(-c2ccc(O)cc2)sc2cc(O)ccc12. The summed E-state index contributed by atoms with van der Waals surface area (Å²) in [7, 11) is 0. The number of ether oxygens (including phenoxy) is 1. The summed E-state index contributed by atoms with van der Waals surface area (Å²) in [6.07, 6.45) is 3.26. The van der Waals surface area contributed by atoms with Crippen LogP contribution in [0.25, 0.3) is 20.5 Å². The monoisotopic (exact) mass is 591 g/mol. The van der Waals surface area contributed by atoms with E-state index in [-0.39, 0.29) is 30.1 Å². The number of fused-ring (bicyclic) bond motifs is 1. The molecule has 0 unspecified atom stereocenters. The first-order chi connectivity index (χ1) is 20.2. The van der Waals surface area contributed by atoms with Crippen molar-refractivity contribution in [2.45, 2.75) is 32.1 Å². The zero-order valence-electron chi connectivity index (χ0n) is 23.0. The summed E-state index contributed by atoms with van der Waals surface area (Å²) in [6.45, 7) is 3.85. The molecule has 5 rings (SSSR count). The van der Waals surface area contributed by atoms with E-state index in [0.717, 1.165) is 45.9 Å². The second-order valence-electron chi connectivity index (χ2n) is 9.93. The van der Waals surface area contributed by atoms with E-state index in [0.29, 0.717) is 17.7 Å². The van der Waals surface area contributed by atoms with E-state index in [4.69, 9.17) is 14.9 Å². The normalized spacial score (nSPS) is 13.2. The van der Waals surface area contributed by atoms with E-state index in [2.05, 4.69) is 4.90 Å². The number of aliphatic carboxylic acids is 2. The number of carbonyl (C=O) groups excluding carboxylic acids is 1. The standard InChI is InChI=1S/C28H27NO4S.C4H6O4/c30-21-8-4-20(5-9-21)28-26(24-13-10-22(31)18-25(24)34-28)27(32)19-6-11-23(12-7-19)33-17-16-29-14-2-1-3-15-29;5-3(6)1-2-4(7)8/h4-13,18,30-31H,1-3,14-17H2;1-2H2,(H,5,6)(H,7,8). The van der Waals surface area contributed by atoms with Crippen LogP contribution < -0.4 is 4.74 Å². The van der Waals surface area contributed by atoms with Crippen molar-refractivity contribution in [2.24, 2.45) is 0 Å². The Morgan fingerprint density at radius 2 is 1.40 bits per heavy atom. The Kier molecular flexibility index (Phi) is 10.5. The van der Waals surface area contributed by atoms with Crippen molar-refractivity contribution in [3.05, 3.63) is 77.9 Å². The molecule has 1 aliphatic rings. The predicted octanol–water partition coefficient (Wildman–Crippen LogP) is 6.01. The molecule has 2 heterocycles. The van der Waals surface area contributed by atoms with Crippen molar-refractivity contribution in [2.75, 3.05) is 26.2 Å². The molecule has 0 radical (unpaired) electrons. The number of phenolic OH excluding ortho intramolecular Hbond substituents is 2. The molecular formula is C32H33NO8S. The largest absolute Gasteiger partial charge is 0.508 e. The first kappa shape index (κ1) is 30.5. The van der Waals surface area contributed by atoms with Crippen molar-refractivity contribution < 1.29 is 39.5 Å². The van der Waals surface area contributed by atoms with Gasteiger partial charge in [0.2, 0.25) is 0 Å². The maximum atomic E-state index is 13.6. The fraction of sp³-hybridized carbons (Fsp3) is 0.281. The molecule has 9 nitrogen and oxygen atoms in total. The number of phenols is 2. The van der Waals surface area contributed by atoms with Gasteiger partial charge >= 0.3 is 11.9 Å². The molecule has 3 aromatic carbocycles. The van der Waals surface area contributed by atoms with E-state index < -0.39 is 11.9 Å². The molecule has 1 aromatic heterocycles. The Morgan fingerprint density at radius 1 is 0.786 bits per heavy atom. The number of ketones is 1. The first-order valence-corrected chi connectivity index (χ1v) is 14.5. The zero-order valence-corrected chi connectivity index (χ0v) is 23.8. The Hall–Kier alpha value is -4.41. The van der Waals surface area contributed by atoms with Crippen LogP contribution in [-0.2, 0) is 9.59 Å². The van der Waals surface area contributed by atoms with Crippen LogP contribution in [0.3, 0.4) is 0 Å². The minimum Gasteiger partial charge on any atom is -0.508 e. The smallest absolute Gasteiger partial charge is 0.303 e. The van der Waals surface area contributed by atoms with Gasteiger partial charge in [0.15, 0.2) is 5.78 Å². The molecule has 42 heavy (non-hydrogen) atoms. The topological polar surface area (TPSA) is 145 Å². The highest BCUT2D eigenvalue weighted by Gasteiger charge is 2.22. The van der Waals surface area contributed by atoms with Crippen molar-refractivity contribution in [1.82, 2.24) is 4.90 Å². The van der Waals surface area contributed by atoms with E-state index >= 15 is 0 Å². The van der Waals surface area contributed by atoms with Gasteiger partial charge in [0.25, 0.3) is 0 Å². The summed E-state index contributed by atoms with van der Waals surface area (Å²) in [6, 6.07) is 19.2. The average molecular weight is 592 g/mol. The molecular weight excluding hydrogens is 558 g/mol. The van der Waals surface area contributed by atoms with E-state index in [1.807, 2.05) is 24.3 Å². The summed E-state index contributed by atoms with van der Waals surface area (Å²) >= 11 is 1.46. The van der Waals surface area contributed by atoms with Crippen LogP contribution in [0.5, 0.6) is 17.2 Å². The van der Waals surface area contributed by atoms with E-state index in [1.54, 1.807) is 42.5 Å². The number of hydrogen-bond acceptors (Lipinski definition) is 8. The molecule has 0 spiro atoms. The highest BCUT2D eigenvalue weighted by atomic mass is 32.1. The first-order valence-electron chi connectivity index (χ1n) is 13.7. The molecule has 1 aliphatic heterocycles. The number of rotatable bonds is 10. The minimum atomic E-state index is -1.08. The third-order valence-electron chi connectivity index (χ3n) is 6.82. The van der Waals surface area contributed by atoms with Crippen molar-refractivity contribution in [3.8, 4) is 27.7 Å². The lowest BCUT2D eigenvalue weighted by molar-refractivity contribution is -0.143. The van der Waals surface area contributed by atoms with Gasteiger partial charge < -0.3 is 25.2 Å². The number of hydrogen-bond donors (Lipinski definition) is 4. The number of aromatic hydroxyl groups is 2. The number of thiophene rings is 1. The summed E-state index contributed by atoms with van der Waals surface area (Å²) in [4.78, 5) is 36.2. The highest BCUT2D eigenvalue weighted by molar-refractivity contribution is 7.22. The Labute approximate surface area is 247 Å². The van der Waals surface area contributed by atoms with Gasteiger partial charge in [0.1, 0.15) is 23.9 Å². The number of carbonyl (C=O) groups is 3. The van der Waals surface area contributed by atoms with E-state index in [9.17, 15) is 24.6 Å². The number of benzene rings is 3. The van der Waals surface area contributed by atoms with Crippen LogP contribution in [0.4, 0.5) is 0 Å². The van der Waals surface area contributed by atoms with E-state index in [1.165, 1.54) is 30.6 Å². The van der Waals surface area contributed by atoms with Gasteiger partial charge in [0, 0.05) is 32.6 Å². The third-order valence-corrected chi connectivity index (χ3v) is 8.03. The molecule has 10 heteroatoms. The van der Waals surface area contributed by atoms with Crippen molar-refractivity contribution in [1.29, 1.82) is 0 Å². The average Bonchev–Trinajstić information content (AvgIpc) is 3.36. The zero-order chi connectivity index (χ0) is 30.1. The van der Waals surface area contributed by atoms with Crippen LogP contribution in [0.15, 0.2) is 66.7 Å². The molecule has 0 bridgehead atoms. The molecule has 1 fully saturated rings.